The van der Waals surface area contributed by atoms with E-state index in [1.54, 1.807) is 0 Å². The summed E-state index contributed by atoms with van der Waals surface area (Å²) in [7, 11) is 0. The Kier molecular flexibility index (Phi) is 7.88. The van der Waals surface area contributed by atoms with E-state index < -0.39 is 0 Å². The van der Waals surface area contributed by atoms with Crippen LogP contribution in [0.25, 0.3) is 0 Å². The third-order valence-corrected chi connectivity index (χ3v) is 3.88. The molecule has 1 fully saturated rings. The summed E-state index contributed by atoms with van der Waals surface area (Å²) in [5.41, 5.74) is 5.66. The number of nitrogens with one attached hydrogen (secondary N) is 1. The molecule has 0 bridgehead atoms. The number of hydrogen-bond acceptors (Lipinski definition) is 2. The zero-order chi connectivity index (χ0) is 13.0. The van der Waals surface area contributed by atoms with Gasteiger partial charge in [0.2, 0.25) is 5.91 Å². The number of carbonyl (C=O) groups excluding carboxylic acids is 1. The molecule has 3 N–H and O–H groups in total. The standard InChI is InChI=1S/C14H28N2O.ClH/c1-9(2)12-6-5-10(3)7-13(12)16-14(17)8-11(4)15;/h9-13H,5-8,15H2,1-4H3,(H,16,17);1H. The van der Waals surface area contributed by atoms with Crippen molar-refractivity contribution >= 4 is 18.3 Å². The summed E-state index contributed by atoms with van der Waals surface area (Å²) in [6, 6.07) is 0.304. The fourth-order valence-electron chi connectivity index (χ4n) is 2.93. The highest BCUT2D eigenvalue weighted by molar-refractivity contribution is 5.85. The average molecular weight is 277 g/mol. The van der Waals surface area contributed by atoms with Crippen LogP contribution in [0.3, 0.4) is 0 Å². The van der Waals surface area contributed by atoms with Gasteiger partial charge in [0, 0.05) is 18.5 Å². The SMILES string of the molecule is CC(N)CC(=O)NC1CC(C)CCC1C(C)C.Cl. The van der Waals surface area contributed by atoms with Crippen LogP contribution in [-0.2, 0) is 4.79 Å². The molecular weight excluding hydrogens is 248 g/mol. The summed E-state index contributed by atoms with van der Waals surface area (Å²) >= 11 is 0. The van der Waals surface area contributed by atoms with Gasteiger partial charge in [-0.15, -0.1) is 12.4 Å². The molecule has 0 aliphatic heterocycles. The maximum Gasteiger partial charge on any atom is 0.221 e. The van der Waals surface area contributed by atoms with E-state index >= 15 is 0 Å². The Morgan fingerprint density at radius 2 is 1.94 bits per heavy atom. The van der Waals surface area contributed by atoms with Crippen LogP contribution in [0.1, 0.15) is 53.4 Å². The first-order valence-corrected chi connectivity index (χ1v) is 6.95. The van der Waals surface area contributed by atoms with Crippen LogP contribution >= 0.6 is 12.4 Å². The number of nitrogens with two attached hydrogens (primary N) is 1. The Balaban J connectivity index is 0.00000289. The van der Waals surface area contributed by atoms with E-state index in [1.165, 1.54) is 12.8 Å². The molecule has 1 rings (SSSR count). The zero-order valence-electron chi connectivity index (χ0n) is 12.1. The molecule has 0 aromatic rings. The molecule has 1 amide bonds. The Morgan fingerprint density at radius 3 is 2.44 bits per heavy atom. The average Bonchev–Trinajstić information content (AvgIpc) is 2.15. The van der Waals surface area contributed by atoms with Gasteiger partial charge in [0.25, 0.3) is 0 Å². The zero-order valence-corrected chi connectivity index (χ0v) is 12.9. The highest BCUT2D eigenvalue weighted by Gasteiger charge is 2.31. The third-order valence-electron chi connectivity index (χ3n) is 3.88. The van der Waals surface area contributed by atoms with Crippen LogP contribution in [0, 0.1) is 17.8 Å². The van der Waals surface area contributed by atoms with E-state index in [9.17, 15) is 4.79 Å². The van der Waals surface area contributed by atoms with Crippen molar-refractivity contribution in [1.82, 2.24) is 5.32 Å². The molecule has 0 aromatic heterocycles. The number of amides is 1. The van der Waals surface area contributed by atoms with Gasteiger partial charge in [-0.1, -0.05) is 27.2 Å². The molecule has 0 aromatic carbocycles. The first kappa shape index (κ1) is 17.7. The predicted molar refractivity (Wildman–Crippen MR) is 78.8 cm³/mol. The Hall–Kier alpha value is -0.280. The van der Waals surface area contributed by atoms with Gasteiger partial charge >= 0.3 is 0 Å². The summed E-state index contributed by atoms with van der Waals surface area (Å²) in [5.74, 6) is 2.11. The molecule has 1 saturated carbocycles. The van der Waals surface area contributed by atoms with Crippen LogP contribution in [0.5, 0.6) is 0 Å². The Labute approximate surface area is 118 Å². The lowest BCUT2D eigenvalue weighted by molar-refractivity contribution is -0.122. The molecular formula is C14H29ClN2O. The second kappa shape index (κ2) is 8.00. The van der Waals surface area contributed by atoms with Gasteiger partial charge < -0.3 is 11.1 Å². The lowest BCUT2D eigenvalue weighted by atomic mass is 9.74. The summed E-state index contributed by atoms with van der Waals surface area (Å²) in [6.07, 6.45) is 4.09. The third kappa shape index (κ3) is 5.57. The summed E-state index contributed by atoms with van der Waals surface area (Å²) in [6.45, 7) is 8.67. The Bertz CT molecular complexity index is 256. The minimum atomic E-state index is -0.0477. The van der Waals surface area contributed by atoms with Crippen molar-refractivity contribution in [2.45, 2.75) is 65.5 Å². The van der Waals surface area contributed by atoms with E-state index in [2.05, 4.69) is 26.1 Å². The van der Waals surface area contributed by atoms with E-state index in [-0.39, 0.29) is 24.4 Å². The van der Waals surface area contributed by atoms with Crippen LogP contribution in [0.15, 0.2) is 0 Å². The lowest BCUT2D eigenvalue weighted by Gasteiger charge is -2.37. The number of halogens is 1. The normalized spacial score (nSPS) is 29.6. The summed E-state index contributed by atoms with van der Waals surface area (Å²) in [4.78, 5) is 11.8. The molecule has 4 heteroatoms. The molecule has 0 spiro atoms. The summed E-state index contributed by atoms with van der Waals surface area (Å²) < 4.78 is 0. The van der Waals surface area contributed by atoms with Gasteiger partial charge in [-0.2, -0.15) is 0 Å². The van der Waals surface area contributed by atoms with Crippen LogP contribution < -0.4 is 11.1 Å². The van der Waals surface area contributed by atoms with E-state index in [0.717, 1.165) is 12.3 Å². The fraction of sp³-hybridized carbons (Fsp3) is 0.929. The predicted octanol–water partition coefficient (Wildman–Crippen LogP) is 2.72. The topological polar surface area (TPSA) is 55.1 Å². The quantitative estimate of drug-likeness (QED) is 0.830. The highest BCUT2D eigenvalue weighted by Crippen LogP contribution is 2.33. The van der Waals surface area contributed by atoms with E-state index in [4.69, 9.17) is 5.73 Å². The molecule has 18 heavy (non-hydrogen) atoms. The van der Waals surface area contributed by atoms with Gasteiger partial charge in [0.05, 0.1) is 0 Å². The Morgan fingerprint density at radius 1 is 1.33 bits per heavy atom. The van der Waals surface area contributed by atoms with Gasteiger partial charge in [0.1, 0.15) is 0 Å². The summed E-state index contributed by atoms with van der Waals surface area (Å²) in [5, 5.41) is 3.19. The van der Waals surface area contributed by atoms with Gasteiger partial charge in [-0.3, -0.25) is 4.79 Å². The molecule has 3 nitrogen and oxygen atoms in total. The minimum Gasteiger partial charge on any atom is -0.353 e. The van der Waals surface area contributed by atoms with Crippen molar-refractivity contribution in [3.63, 3.8) is 0 Å². The second-order valence-electron chi connectivity index (χ2n) is 6.18. The smallest absolute Gasteiger partial charge is 0.221 e. The van der Waals surface area contributed by atoms with E-state index in [1.807, 2.05) is 6.92 Å². The molecule has 4 unspecified atom stereocenters. The highest BCUT2D eigenvalue weighted by atomic mass is 35.5. The first-order chi connectivity index (χ1) is 7.90. The molecule has 1 aliphatic rings. The number of carbonyl (C=O) groups is 1. The number of rotatable bonds is 4. The van der Waals surface area contributed by atoms with E-state index in [0.29, 0.717) is 24.3 Å². The molecule has 0 heterocycles. The van der Waals surface area contributed by atoms with Crippen molar-refractivity contribution < 1.29 is 4.79 Å². The van der Waals surface area contributed by atoms with Crippen LogP contribution in [-0.4, -0.2) is 18.0 Å². The molecule has 4 atom stereocenters. The van der Waals surface area contributed by atoms with Crippen LogP contribution in [0.2, 0.25) is 0 Å². The van der Waals surface area contributed by atoms with Crippen LogP contribution in [0.4, 0.5) is 0 Å². The fourth-order valence-corrected chi connectivity index (χ4v) is 2.93. The van der Waals surface area contributed by atoms with Crippen molar-refractivity contribution in [3.05, 3.63) is 0 Å². The van der Waals surface area contributed by atoms with Crippen molar-refractivity contribution in [3.8, 4) is 0 Å². The molecule has 108 valence electrons. The van der Waals surface area contributed by atoms with Crippen molar-refractivity contribution in [2.75, 3.05) is 0 Å². The van der Waals surface area contributed by atoms with Gasteiger partial charge in [-0.25, -0.2) is 0 Å². The first-order valence-electron chi connectivity index (χ1n) is 6.95. The lowest BCUT2D eigenvalue weighted by Crippen LogP contribution is -2.46. The van der Waals surface area contributed by atoms with Crippen molar-refractivity contribution in [2.24, 2.45) is 23.5 Å². The second-order valence-corrected chi connectivity index (χ2v) is 6.18. The minimum absolute atomic E-state index is 0. The van der Waals surface area contributed by atoms with Crippen molar-refractivity contribution in [1.29, 1.82) is 0 Å². The molecule has 0 radical (unpaired) electrons. The molecule has 0 saturated heterocycles. The monoisotopic (exact) mass is 276 g/mol. The number of hydrogen-bond donors (Lipinski definition) is 2. The maximum absolute atomic E-state index is 11.8. The van der Waals surface area contributed by atoms with Gasteiger partial charge in [0.15, 0.2) is 0 Å². The largest absolute Gasteiger partial charge is 0.353 e. The van der Waals surface area contributed by atoms with Gasteiger partial charge in [-0.05, 0) is 37.5 Å². The maximum atomic E-state index is 11.8. The molecule has 1 aliphatic carbocycles.